The molecule has 7 nitrogen and oxygen atoms in total. The highest BCUT2D eigenvalue weighted by Crippen LogP contribution is 2.42. The molecule has 0 radical (unpaired) electrons. The largest absolute Gasteiger partial charge is 0.507 e. The Kier molecular flexibility index (Phi) is 6.21. The van der Waals surface area contributed by atoms with E-state index in [1.165, 1.54) is 4.90 Å². The molecular formula is C29H26N2O5. The van der Waals surface area contributed by atoms with Crippen LogP contribution in [-0.2, 0) is 16.0 Å². The average molecular weight is 483 g/mol. The number of para-hydroxylation sites is 2. The van der Waals surface area contributed by atoms with Crippen LogP contribution in [0, 0.1) is 0 Å². The van der Waals surface area contributed by atoms with Gasteiger partial charge < -0.3 is 24.5 Å². The van der Waals surface area contributed by atoms with Gasteiger partial charge in [-0.2, -0.15) is 0 Å². The topological polar surface area (TPSA) is 91.9 Å². The Morgan fingerprint density at radius 1 is 0.944 bits per heavy atom. The van der Waals surface area contributed by atoms with Gasteiger partial charge in [0.25, 0.3) is 11.7 Å². The molecule has 1 aromatic heterocycles. The number of aliphatic hydroxyl groups is 1. The average Bonchev–Trinajstić information content (AvgIpc) is 3.45. The van der Waals surface area contributed by atoms with E-state index in [0.717, 1.165) is 16.5 Å². The second kappa shape index (κ2) is 9.62. The van der Waals surface area contributed by atoms with Crippen molar-refractivity contribution in [3.63, 3.8) is 0 Å². The number of rotatable bonds is 7. The maximum Gasteiger partial charge on any atom is 0.295 e. The number of aromatic nitrogens is 1. The lowest BCUT2D eigenvalue weighted by Crippen LogP contribution is -2.31. The maximum atomic E-state index is 13.3. The van der Waals surface area contributed by atoms with E-state index < -0.39 is 17.7 Å². The molecule has 4 aromatic rings. The van der Waals surface area contributed by atoms with Crippen molar-refractivity contribution in [3.05, 3.63) is 101 Å². The van der Waals surface area contributed by atoms with Crippen LogP contribution in [0.4, 0.5) is 0 Å². The molecule has 7 heteroatoms. The number of nitrogens with one attached hydrogen (secondary N) is 1. The van der Waals surface area contributed by atoms with E-state index in [-0.39, 0.29) is 17.9 Å². The molecule has 1 aliphatic rings. The number of methoxy groups -OCH3 is 2. The minimum absolute atomic E-state index is 0.0357. The number of hydrogen-bond acceptors (Lipinski definition) is 5. The normalized spacial score (nSPS) is 17.1. The summed E-state index contributed by atoms with van der Waals surface area (Å²) in [5, 5.41) is 12.3. The van der Waals surface area contributed by atoms with Crippen molar-refractivity contribution in [1.29, 1.82) is 0 Å². The minimum Gasteiger partial charge on any atom is -0.507 e. The van der Waals surface area contributed by atoms with Crippen molar-refractivity contribution < 1.29 is 24.2 Å². The SMILES string of the molecule is COc1ccc(/C(O)=C2\C(=O)C(=O)N(CCc3c[nH]c4ccccc34)C2c2ccccc2OC)cc1. The molecule has 0 aliphatic carbocycles. The molecule has 0 saturated carbocycles. The number of carbonyl (C=O) groups excluding carboxylic acids is 2. The Hall–Kier alpha value is -4.52. The number of amides is 1. The van der Waals surface area contributed by atoms with Gasteiger partial charge in [-0.3, -0.25) is 9.59 Å². The van der Waals surface area contributed by atoms with Gasteiger partial charge in [-0.25, -0.2) is 0 Å². The molecule has 36 heavy (non-hydrogen) atoms. The van der Waals surface area contributed by atoms with Gasteiger partial charge >= 0.3 is 0 Å². The number of Topliss-reactive ketones (excluding diaryl/α,β-unsaturated/α-hetero) is 1. The molecule has 2 N–H and O–H groups in total. The summed E-state index contributed by atoms with van der Waals surface area (Å²) in [6.45, 7) is 0.286. The molecule has 1 fully saturated rings. The van der Waals surface area contributed by atoms with E-state index in [0.29, 0.717) is 29.0 Å². The number of nitrogens with zero attached hydrogens (tertiary/aromatic N) is 1. The number of ether oxygens (including phenoxy) is 2. The van der Waals surface area contributed by atoms with Crippen molar-refractivity contribution in [2.45, 2.75) is 12.5 Å². The lowest BCUT2D eigenvalue weighted by molar-refractivity contribution is -0.139. The number of ketones is 1. The van der Waals surface area contributed by atoms with E-state index in [1.807, 2.05) is 48.7 Å². The van der Waals surface area contributed by atoms with Crippen LogP contribution in [0.1, 0.15) is 22.7 Å². The first-order chi connectivity index (χ1) is 17.5. The number of carbonyl (C=O) groups is 2. The number of aliphatic hydroxyl groups excluding tert-OH is 1. The number of fused-ring (bicyclic) bond motifs is 1. The number of benzene rings is 3. The van der Waals surface area contributed by atoms with E-state index in [4.69, 9.17) is 9.47 Å². The molecule has 5 rings (SSSR count). The summed E-state index contributed by atoms with van der Waals surface area (Å²) >= 11 is 0. The van der Waals surface area contributed by atoms with Gasteiger partial charge in [0.05, 0.1) is 25.8 Å². The van der Waals surface area contributed by atoms with Crippen molar-refractivity contribution in [3.8, 4) is 11.5 Å². The van der Waals surface area contributed by atoms with Gasteiger partial charge in [-0.15, -0.1) is 0 Å². The van der Waals surface area contributed by atoms with E-state index >= 15 is 0 Å². The van der Waals surface area contributed by atoms with Gasteiger partial charge in [0.1, 0.15) is 17.3 Å². The zero-order valence-electron chi connectivity index (χ0n) is 20.0. The summed E-state index contributed by atoms with van der Waals surface area (Å²) in [5.74, 6) is -0.463. The Bertz CT molecular complexity index is 1470. The Morgan fingerprint density at radius 3 is 2.42 bits per heavy atom. The number of hydrogen-bond donors (Lipinski definition) is 2. The first kappa shape index (κ1) is 23.2. The molecule has 0 spiro atoms. The summed E-state index contributed by atoms with van der Waals surface area (Å²) in [6.07, 6.45) is 2.46. The van der Waals surface area contributed by atoms with Crippen LogP contribution in [-0.4, -0.2) is 47.4 Å². The first-order valence-electron chi connectivity index (χ1n) is 11.6. The summed E-state index contributed by atoms with van der Waals surface area (Å²) in [5.41, 5.74) is 3.14. The van der Waals surface area contributed by atoms with Gasteiger partial charge in [0.2, 0.25) is 0 Å². The van der Waals surface area contributed by atoms with Crippen LogP contribution in [0.25, 0.3) is 16.7 Å². The van der Waals surface area contributed by atoms with E-state index in [1.54, 1.807) is 44.6 Å². The van der Waals surface area contributed by atoms with Gasteiger partial charge in [-0.05, 0) is 48.4 Å². The molecule has 1 unspecified atom stereocenters. The summed E-state index contributed by atoms with van der Waals surface area (Å²) in [7, 11) is 3.09. The molecule has 1 amide bonds. The van der Waals surface area contributed by atoms with Crippen LogP contribution in [0.3, 0.4) is 0 Å². The summed E-state index contributed by atoms with van der Waals surface area (Å²) in [4.78, 5) is 31.4. The van der Waals surface area contributed by atoms with Gasteiger partial charge in [0.15, 0.2) is 0 Å². The highest BCUT2D eigenvalue weighted by atomic mass is 16.5. The highest BCUT2D eigenvalue weighted by molar-refractivity contribution is 6.46. The second-order valence-electron chi connectivity index (χ2n) is 8.57. The predicted octanol–water partition coefficient (Wildman–Crippen LogP) is 4.85. The standard InChI is InChI=1S/C29H26N2O5/c1-35-20-13-11-18(12-14-20)27(32)25-26(22-8-4-6-10-24(22)36-2)31(29(34)28(25)33)16-15-19-17-30-23-9-5-3-7-21(19)23/h3-14,17,26,30,32H,15-16H2,1-2H3/b27-25+. The second-order valence-corrected chi connectivity index (χ2v) is 8.57. The molecule has 1 saturated heterocycles. The van der Waals surface area contributed by atoms with E-state index in [2.05, 4.69) is 4.98 Å². The predicted molar refractivity (Wildman–Crippen MR) is 137 cm³/mol. The van der Waals surface area contributed by atoms with Crippen molar-refractivity contribution in [2.24, 2.45) is 0 Å². The third kappa shape index (κ3) is 3.98. The van der Waals surface area contributed by atoms with Crippen LogP contribution in [0.15, 0.2) is 84.6 Å². The molecule has 1 atom stereocenters. The zero-order valence-corrected chi connectivity index (χ0v) is 20.0. The zero-order chi connectivity index (χ0) is 25.2. The number of aromatic amines is 1. The summed E-state index contributed by atoms with van der Waals surface area (Å²) in [6, 6.07) is 21.1. The number of H-pyrrole nitrogens is 1. The number of likely N-dealkylation sites (tertiary alicyclic amines) is 1. The first-order valence-corrected chi connectivity index (χ1v) is 11.6. The van der Waals surface area contributed by atoms with Crippen molar-refractivity contribution in [2.75, 3.05) is 20.8 Å². The van der Waals surface area contributed by atoms with E-state index in [9.17, 15) is 14.7 Å². The van der Waals surface area contributed by atoms with Crippen LogP contribution in [0.2, 0.25) is 0 Å². The third-order valence-electron chi connectivity index (χ3n) is 6.63. The van der Waals surface area contributed by atoms with Gasteiger partial charge in [0, 0.05) is 34.8 Å². The fourth-order valence-electron chi connectivity index (χ4n) is 4.81. The van der Waals surface area contributed by atoms with Crippen molar-refractivity contribution in [1.82, 2.24) is 9.88 Å². The fraction of sp³-hybridized carbons (Fsp3) is 0.172. The third-order valence-corrected chi connectivity index (χ3v) is 6.63. The van der Waals surface area contributed by atoms with Crippen LogP contribution in [0.5, 0.6) is 11.5 Å². The lowest BCUT2D eigenvalue weighted by atomic mass is 9.94. The Labute approximate surface area is 208 Å². The monoisotopic (exact) mass is 482 g/mol. The smallest absolute Gasteiger partial charge is 0.295 e. The molecule has 182 valence electrons. The Morgan fingerprint density at radius 2 is 1.67 bits per heavy atom. The maximum absolute atomic E-state index is 13.3. The Balaban J connectivity index is 1.59. The van der Waals surface area contributed by atoms with Gasteiger partial charge in [-0.1, -0.05) is 36.4 Å². The molecule has 3 aromatic carbocycles. The lowest BCUT2D eigenvalue weighted by Gasteiger charge is -2.26. The highest BCUT2D eigenvalue weighted by Gasteiger charge is 2.46. The minimum atomic E-state index is -0.798. The molecular weight excluding hydrogens is 456 g/mol. The quantitative estimate of drug-likeness (QED) is 0.223. The van der Waals surface area contributed by atoms with Crippen LogP contribution >= 0.6 is 0 Å². The van der Waals surface area contributed by atoms with Crippen molar-refractivity contribution >= 4 is 28.4 Å². The molecule has 2 heterocycles. The molecule has 0 bridgehead atoms. The van der Waals surface area contributed by atoms with Crippen LogP contribution < -0.4 is 9.47 Å². The molecule has 1 aliphatic heterocycles. The fourth-order valence-corrected chi connectivity index (χ4v) is 4.81. The summed E-state index contributed by atoms with van der Waals surface area (Å²) < 4.78 is 10.8.